The molecule has 2 aliphatic rings. The van der Waals surface area contributed by atoms with Gasteiger partial charge in [0.1, 0.15) is 0 Å². The molecule has 2 fully saturated rings. The van der Waals surface area contributed by atoms with E-state index in [9.17, 15) is 0 Å². The summed E-state index contributed by atoms with van der Waals surface area (Å²) in [6, 6.07) is 0. The summed E-state index contributed by atoms with van der Waals surface area (Å²) in [4.78, 5) is 2.57. The van der Waals surface area contributed by atoms with Crippen molar-refractivity contribution in [2.24, 2.45) is 5.41 Å². The Hall–Kier alpha value is 0.450. The van der Waals surface area contributed by atoms with E-state index in [-0.39, 0.29) is 9.64 Å². The van der Waals surface area contributed by atoms with Crippen LogP contribution in [0.5, 0.6) is 0 Å². The van der Waals surface area contributed by atoms with Crippen LogP contribution in [0.3, 0.4) is 0 Å². The first-order valence-corrected chi connectivity index (χ1v) is 8.96. The van der Waals surface area contributed by atoms with Crippen LogP contribution in [0.1, 0.15) is 19.3 Å². The molecule has 0 amide bonds. The lowest BCUT2D eigenvalue weighted by molar-refractivity contribution is 0.133. The van der Waals surface area contributed by atoms with Gasteiger partial charge in [-0.2, -0.15) is 0 Å². The number of ether oxygens (including phenoxy) is 1. The second-order valence-electron chi connectivity index (χ2n) is 5.37. The smallest absolute Gasteiger partial charge is 0.0589 e. The molecule has 2 aliphatic heterocycles. The Morgan fingerprint density at radius 1 is 1.24 bits per heavy atom. The topological polar surface area (TPSA) is 15.7 Å². The molecule has 1 atom stereocenters. The van der Waals surface area contributed by atoms with Crippen LogP contribution in [0.25, 0.3) is 0 Å². The van der Waals surface area contributed by atoms with E-state index in [1.54, 1.807) is 7.11 Å². The van der Waals surface area contributed by atoms with Crippen LogP contribution < -0.4 is 0 Å². The Balaban J connectivity index is 1.81. The predicted octanol–water partition coefficient (Wildman–Crippen LogP) is 1.05. The number of rotatable bonds is 4. The molecule has 1 unspecified atom stereocenters. The van der Waals surface area contributed by atoms with Crippen molar-refractivity contribution < 1.29 is 4.74 Å². The molecule has 100 valence electrons. The van der Waals surface area contributed by atoms with Gasteiger partial charge in [0.25, 0.3) is 0 Å². The first-order valence-electron chi connectivity index (χ1n) is 6.45. The Kier molecular flexibility index (Phi) is 4.95. The zero-order chi connectivity index (χ0) is 12.3. The van der Waals surface area contributed by atoms with Gasteiger partial charge in [0.2, 0.25) is 0 Å². The van der Waals surface area contributed by atoms with Crippen LogP contribution in [0.15, 0.2) is 0 Å². The van der Waals surface area contributed by atoms with E-state index in [1.807, 2.05) is 0 Å². The molecular formula is C12H24N2OS2. The summed E-state index contributed by atoms with van der Waals surface area (Å²) in [6.07, 6.45) is 6.21. The Bertz CT molecular complexity index is 278. The highest BCUT2D eigenvalue weighted by Crippen LogP contribution is 2.40. The number of methoxy groups -OCH3 is 1. The van der Waals surface area contributed by atoms with Crippen molar-refractivity contribution in [2.75, 3.05) is 52.7 Å². The molecular weight excluding hydrogens is 252 g/mol. The van der Waals surface area contributed by atoms with Gasteiger partial charge in [0.15, 0.2) is 0 Å². The summed E-state index contributed by atoms with van der Waals surface area (Å²) in [6.45, 7) is 6.92. The molecule has 3 nitrogen and oxygen atoms in total. The van der Waals surface area contributed by atoms with E-state index in [0.717, 1.165) is 13.2 Å². The molecule has 0 aliphatic carbocycles. The lowest BCUT2D eigenvalue weighted by atomic mass is 9.78. The summed E-state index contributed by atoms with van der Waals surface area (Å²) in [5.41, 5.74) is 0.596. The molecule has 2 heterocycles. The molecule has 5 heteroatoms. The molecule has 0 aromatic rings. The third-order valence-electron chi connectivity index (χ3n) is 4.28. The highest BCUT2D eigenvalue weighted by Gasteiger charge is 2.40. The maximum atomic E-state index is 5.37. The van der Waals surface area contributed by atoms with E-state index >= 15 is 0 Å². The van der Waals surface area contributed by atoms with Crippen LogP contribution in [0.2, 0.25) is 0 Å². The normalized spacial score (nSPS) is 27.6. The molecule has 2 rings (SSSR count). The molecule has 1 spiro atoms. The second kappa shape index (κ2) is 6.06. The third-order valence-corrected chi connectivity index (χ3v) is 6.00. The van der Waals surface area contributed by atoms with Crippen molar-refractivity contribution in [3.05, 3.63) is 0 Å². The largest absolute Gasteiger partial charge is 0.383 e. The summed E-state index contributed by atoms with van der Waals surface area (Å²) >= 11 is 5.37. The zero-order valence-corrected chi connectivity index (χ0v) is 12.6. The number of hydrogen-bond donors (Lipinski definition) is 0. The van der Waals surface area contributed by atoms with Gasteiger partial charge >= 0.3 is 0 Å². The minimum atomic E-state index is 0.0507. The van der Waals surface area contributed by atoms with E-state index in [1.165, 1.54) is 45.4 Å². The Morgan fingerprint density at radius 2 is 1.88 bits per heavy atom. The first kappa shape index (κ1) is 13.9. The van der Waals surface area contributed by atoms with E-state index in [2.05, 4.69) is 15.5 Å². The van der Waals surface area contributed by atoms with Gasteiger partial charge in [-0.15, -0.1) is 0 Å². The molecule has 0 aromatic heterocycles. The maximum absolute atomic E-state index is 5.37. The standard InChI is InChI=1S/C12H24N2OS2/c1-15-10-9-13-6-3-12(11-13)4-7-14(8-5-12)17(2)16/h3-11H2,1-2H3. The fourth-order valence-corrected chi connectivity index (χ4v) is 4.21. The van der Waals surface area contributed by atoms with Crippen LogP contribution in [-0.4, -0.2) is 61.9 Å². The highest BCUT2D eigenvalue weighted by molar-refractivity contribution is 8.27. The molecule has 17 heavy (non-hydrogen) atoms. The average Bonchev–Trinajstić information content (AvgIpc) is 2.70. The molecule has 0 bridgehead atoms. The fraction of sp³-hybridized carbons (Fsp3) is 1.00. The summed E-state index contributed by atoms with van der Waals surface area (Å²) in [5, 5.41) is 0. The van der Waals surface area contributed by atoms with E-state index in [4.69, 9.17) is 15.9 Å². The Labute approximate surface area is 112 Å². The summed E-state index contributed by atoms with van der Waals surface area (Å²) in [5.74, 6) is 0. The number of piperidine rings is 1. The van der Waals surface area contributed by atoms with Crippen LogP contribution in [0, 0.1) is 5.41 Å². The van der Waals surface area contributed by atoms with Crippen molar-refractivity contribution >= 4 is 20.8 Å². The summed E-state index contributed by atoms with van der Waals surface area (Å²) in [7, 11) is 1.84. The Morgan fingerprint density at radius 3 is 2.47 bits per heavy atom. The van der Waals surface area contributed by atoms with Gasteiger partial charge in [-0.3, -0.25) is 0 Å². The lowest BCUT2D eigenvalue weighted by Gasteiger charge is -2.39. The average molecular weight is 276 g/mol. The zero-order valence-electron chi connectivity index (χ0n) is 11.0. The van der Waals surface area contributed by atoms with Crippen molar-refractivity contribution in [3.63, 3.8) is 0 Å². The lowest BCUT2D eigenvalue weighted by Crippen LogP contribution is -2.42. The first-order chi connectivity index (χ1) is 8.15. The molecule has 0 aromatic carbocycles. The maximum Gasteiger partial charge on any atom is 0.0589 e. The van der Waals surface area contributed by atoms with Gasteiger partial charge in [-0.05, 0) is 42.4 Å². The number of likely N-dealkylation sites (tertiary alicyclic amines) is 1. The molecule has 0 saturated carbocycles. The van der Waals surface area contributed by atoms with Crippen LogP contribution >= 0.6 is 0 Å². The monoisotopic (exact) mass is 276 g/mol. The van der Waals surface area contributed by atoms with Crippen molar-refractivity contribution in [1.82, 2.24) is 9.21 Å². The van der Waals surface area contributed by atoms with Crippen LogP contribution in [0.4, 0.5) is 0 Å². The van der Waals surface area contributed by atoms with E-state index in [0.29, 0.717) is 5.41 Å². The minimum Gasteiger partial charge on any atom is -0.383 e. The van der Waals surface area contributed by atoms with Gasteiger partial charge in [0, 0.05) is 39.5 Å². The van der Waals surface area contributed by atoms with Gasteiger partial charge < -0.3 is 9.64 Å². The fourth-order valence-electron chi connectivity index (χ4n) is 3.06. The second-order valence-corrected chi connectivity index (χ2v) is 8.18. The van der Waals surface area contributed by atoms with Crippen molar-refractivity contribution in [3.8, 4) is 0 Å². The van der Waals surface area contributed by atoms with E-state index < -0.39 is 0 Å². The SMILES string of the molecule is COCCN1CCC2(CCN(S(C)=S)CC2)C1. The number of hydrogen-bond acceptors (Lipinski definition) is 3. The molecule has 0 N–H and O–H groups in total. The third kappa shape index (κ3) is 3.47. The highest BCUT2D eigenvalue weighted by atomic mass is 32.8. The quantitative estimate of drug-likeness (QED) is 0.762. The molecule has 2 saturated heterocycles. The summed E-state index contributed by atoms with van der Waals surface area (Å²) < 4.78 is 7.64. The van der Waals surface area contributed by atoms with Gasteiger partial charge in [-0.25, -0.2) is 4.31 Å². The van der Waals surface area contributed by atoms with Crippen molar-refractivity contribution in [2.45, 2.75) is 19.3 Å². The van der Waals surface area contributed by atoms with Gasteiger partial charge in [-0.1, -0.05) is 9.64 Å². The minimum absolute atomic E-state index is 0.0507. The molecule has 0 radical (unpaired) electrons. The van der Waals surface area contributed by atoms with Crippen molar-refractivity contribution in [1.29, 1.82) is 0 Å². The number of nitrogens with zero attached hydrogens (tertiary/aromatic N) is 2. The van der Waals surface area contributed by atoms with Gasteiger partial charge in [0.05, 0.1) is 6.61 Å². The van der Waals surface area contributed by atoms with Crippen LogP contribution in [-0.2, 0) is 25.6 Å². The predicted molar refractivity (Wildman–Crippen MR) is 76.8 cm³/mol.